The topological polar surface area (TPSA) is 78.9 Å². The first-order valence-electron chi connectivity index (χ1n) is 33.9. The summed E-state index contributed by atoms with van der Waals surface area (Å²) in [6.07, 6.45) is 92.4. The van der Waals surface area contributed by atoms with E-state index < -0.39 is 6.10 Å². The standard InChI is InChI=1S/C74H126O6/c1-4-7-10-13-16-19-22-25-27-29-30-31-32-33-34-35-36-37-38-39-40-41-42-43-44-45-47-49-52-55-58-61-64-67-73(76)79-70-71(69-78-72(75)66-63-60-57-54-51-48-24-21-18-15-12-9-6-3)80-74(77)68-65-62-59-56-53-50-46-28-26-23-20-17-14-11-8-5-2/h7,10,16,19,25,27,30-31,33-34,36-37,39-40,42-43,45,47,71H,4-6,8-9,11-15,17-18,20-24,26,28-29,32,35,38,41,44,46,48-70H2,1-3H3/b10-7-,19-16-,27-25-,31-30-,34-33-,37-36-,40-39-,43-42-,47-45-. The van der Waals surface area contributed by atoms with Crippen molar-refractivity contribution in [2.24, 2.45) is 0 Å². The maximum Gasteiger partial charge on any atom is 0.306 e. The molecule has 0 aromatic rings. The van der Waals surface area contributed by atoms with Crippen molar-refractivity contribution in [2.45, 2.75) is 329 Å². The fourth-order valence-corrected chi connectivity index (χ4v) is 9.50. The van der Waals surface area contributed by atoms with Crippen molar-refractivity contribution in [3.8, 4) is 0 Å². The molecule has 0 aromatic heterocycles. The van der Waals surface area contributed by atoms with Crippen LogP contribution in [0, 0.1) is 0 Å². The highest BCUT2D eigenvalue weighted by atomic mass is 16.6. The van der Waals surface area contributed by atoms with Gasteiger partial charge in [0.15, 0.2) is 6.10 Å². The summed E-state index contributed by atoms with van der Waals surface area (Å²) in [4.78, 5) is 38.3. The number of carbonyl (C=O) groups is 3. The number of hydrogen-bond acceptors (Lipinski definition) is 6. The summed E-state index contributed by atoms with van der Waals surface area (Å²) in [7, 11) is 0. The second kappa shape index (κ2) is 67.6. The maximum atomic E-state index is 12.9. The van der Waals surface area contributed by atoms with Crippen molar-refractivity contribution >= 4 is 17.9 Å². The lowest BCUT2D eigenvalue weighted by molar-refractivity contribution is -0.167. The van der Waals surface area contributed by atoms with Crippen LogP contribution >= 0.6 is 0 Å². The summed E-state index contributed by atoms with van der Waals surface area (Å²) >= 11 is 0. The van der Waals surface area contributed by atoms with Crippen molar-refractivity contribution in [2.75, 3.05) is 13.2 Å². The molecule has 1 unspecified atom stereocenters. The first-order valence-corrected chi connectivity index (χ1v) is 33.9. The van der Waals surface area contributed by atoms with Gasteiger partial charge in [-0.25, -0.2) is 0 Å². The van der Waals surface area contributed by atoms with E-state index in [0.29, 0.717) is 19.3 Å². The molecule has 0 aliphatic rings. The van der Waals surface area contributed by atoms with E-state index in [1.54, 1.807) is 0 Å². The molecule has 0 saturated carbocycles. The molecule has 0 aliphatic carbocycles. The molecule has 1 atom stereocenters. The first kappa shape index (κ1) is 76.1. The van der Waals surface area contributed by atoms with Gasteiger partial charge in [-0.3, -0.25) is 14.4 Å². The molecule has 0 radical (unpaired) electrons. The Morgan fingerprint density at radius 3 is 0.762 bits per heavy atom. The zero-order valence-electron chi connectivity index (χ0n) is 52.6. The number of esters is 3. The molecule has 0 saturated heterocycles. The Bertz CT molecular complexity index is 1610. The molecule has 0 spiro atoms. The van der Waals surface area contributed by atoms with Crippen molar-refractivity contribution in [3.63, 3.8) is 0 Å². The number of ether oxygens (including phenoxy) is 3. The molecule has 0 bridgehead atoms. The Hall–Kier alpha value is -3.93. The number of rotatable bonds is 61. The van der Waals surface area contributed by atoms with Crippen molar-refractivity contribution in [1.82, 2.24) is 0 Å². The van der Waals surface area contributed by atoms with Crippen LogP contribution < -0.4 is 0 Å². The predicted molar refractivity (Wildman–Crippen MR) is 348 cm³/mol. The van der Waals surface area contributed by atoms with Gasteiger partial charge < -0.3 is 14.2 Å². The largest absolute Gasteiger partial charge is 0.462 e. The molecule has 0 N–H and O–H groups in total. The van der Waals surface area contributed by atoms with Crippen LogP contribution in [0.15, 0.2) is 109 Å². The quantitative estimate of drug-likeness (QED) is 0.0261. The Morgan fingerprint density at radius 2 is 0.487 bits per heavy atom. The molecule has 0 fully saturated rings. The normalized spacial score (nSPS) is 12.8. The molecule has 0 heterocycles. The van der Waals surface area contributed by atoms with Crippen LogP contribution in [-0.2, 0) is 28.6 Å². The van der Waals surface area contributed by atoms with Crippen LogP contribution in [0.25, 0.3) is 0 Å². The van der Waals surface area contributed by atoms with Gasteiger partial charge in [-0.1, -0.05) is 323 Å². The van der Waals surface area contributed by atoms with Crippen LogP contribution in [0.5, 0.6) is 0 Å². The second-order valence-corrected chi connectivity index (χ2v) is 22.4. The first-order chi connectivity index (χ1) is 39.5. The minimum atomic E-state index is -0.784. The van der Waals surface area contributed by atoms with Gasteiger partial charge in [0.05, 0.1) is 0 Å². The third-order valence-corrected chi connectivity index (χ3v) is 14.5. The summed E-state index contributed by atoms with van der Waals surface area (Å²) in [5, 5.41) is 0. The monoisotopic (exact) mass is 1110 g/mol. The van der Waals surface area contributed by atoms with Crippen LogP contribution in [-0.4, -0.2) is 37.2 Å². The van der Waals surface area contributed by atoms with Gasteiger partial charge in [-0.05, 0) is 89.9 Å². The second-order valence-electron chi connectivity index (χ2n) is 22.4. The molecular formula is C74H126O6. The van der Waals surface area contributed by atoms with E-state index >= 15 is 0 Å². The third-order valence-electron chi connectivity index (χ3n) is 14.5. The van der Waals surface area contributed by atoms with Gasteiger partial charge in [0.25, 0.3) is 0 Å². The zero-order valence-corrected chi connectivity index (χ0v) is 52.6. The lowest BCUT2D eigenvalue weighted by Crippen LogP contribution is -2.30. The number of allylic oxidation sites excluding steroid dienone is 18. The lowest BCUT2D eigenvalue weighted by Gasteiger charge is -2.18. The molecule has 80 heavy (non-hydrogen) atoms. The molecule has 6 nitrogen and oxygen atoms in total. The predicted octanol–water partition coefficient (Wildman–Crippen LogP) is 23.4. The van der Waals surface area contributed by atoms with E-state index in [0.717, 1.165) is 135 Å². The van der Waals surface area contributed by atoms with Gasteiger partial charge >= 0.3 is 17.9 Å². The lowest BCUT2D eigenvalue weighted by atomic mass is 10.0. The van der Waals surface area contributed by atoms with Crippen LogP contribution in [0.1, 0.15) is 323 Å². The molecule has 0 amide bonds. The fraction of sp³-hybridized carbons (Fsp3) is 0.716. The summed E-state index contributed by atoms with van der Waals surface area (Å²) in [5.41, 5.74) is 0. The van der Waals surface area contributed by atoms with Crippen LogP contribution in [0.4, 0.5) is 0 Å². The number of carbonyl (C=O) groups excluding carboxylic acids is 3. The third kappa shape index (κ3) is 64.9. The van der Waals surface area contributed by atoms with E-state index in [-0.39, 0.29) is 31.1 Å². The SMILES string of the molecule is CC/C=C\C/C=C\C/C=C\C/C=C\C/C=C\C/C=C\C/C=C\C/C=C\C/C=C\CCCCCCCC(=O)OCC(COC(=O)CCCCCCCCCCCCCCC)OC(=O)CCCCCCCCCCCCCCCCCC. The summed E-state index contributed by atoms with van der Waals surface area (Å²) in [5.74, 6) is -0.886. The van der Waals surface area contributed by atoms with E-state index in [4.69, 9.17) is 14.2 Å². The van der Waals surface area contributed by atoms with Gasteiger partial charge in [0.2, 0.25) is 0 Å². The summed E-state index contributed by atoms with van der Waals surface area (Å²) < 4.78 is 16.9. The van der Waals surface area contributed by atoms with E-state index in [1.165, 1.54) is 148 Å². The molecule has 6 heteroatoms. The average molecular weight is 1110 g/mol. The molecule has 0 aliphatic heterocycles. The molecule has 0 rings (SSSR count). The van der Waals surface area contributed by atoms with E-state index in [2.05, 4.69) is 130 Å². The highest BCUT2D eigenvalue weighted by Gasteiger charge is 2.19. The Balaban J connectivity index is 4.30. The summed E-state index contributed by atoms with van der Waals surface area (Å²) in [6.45, 7) is 6.54. The fourth-order valence-electron chi connectivity index (χ4n) is 9.50. The average Bonchev–Trinajstić information content (AvgIpc) is 3.46. The van der Waals surface area contributed by atoms with Gasteiger partial charge in [-0.2, -0.15) is 0 Å². The zero-order chi connectivity index (χ0) is 57.8. The Morgan fingerprint density at radius 1 is 0.263 bits per heavy atom. The highest BCUT2D eigenvalue weighted by Crippen LogP contribution is 2.17. The van der Waals surface area contributed by atoms with Crippen molar-refractivity contribution in [1.29, 1.82) is 0 Å². The Labute approximate surface area is 495 Å². The van der Waals surface area contributed by atoms with Gasteiger partial charge in [0, 0.05) is 19.3 Å². The number of hydrogen-bond donors (Lipinski definition) is 0. The molecule has 0 aromatic carbocycles. The number of unbranched alkanes of at least 4 members (excludes halogenated alkanes) is 32. The smallest absolute Gasteiger partial charge is 0.306 e. The van der Waals surface area contributed by atoms with Crippen molar-refractivity contribution < 1.29 is 28.6 Å². The minimum Gasteiger partial charge on any atom is -0.462 e. The van der Waals surface area contributed by atoms with E-state index in [9.17, 15) is 14.4 Å². The van der Waals surface area contributed by atoms with Crippen LogP contribution in [0.2, 0.25) is 0 Å². The van der Waals surface area contributed by atoms with Crippen LogP contribution in [0.3, 0.4) is 0 Å². The van der Waals surface area contributed by atoms with E-state index in [1.807, 2.05) is 0 Å². The molecular weight excluding hydrogens is 985 g/mol. The summed E-state index contributed by atoms with van der Waals surface area (Å²) in [6, 6.07) is 0. The van der Waals surface area contributed by atoms with Crippen molar-refractivity contribution in [3.05, 3.63) is 109 Å². The minimum absolute atomic E-state index is 0.0797. The van der Waals surface area contributed by atoms with Gasteiger partial charge in [-0.15, -0.1) is 0 Å². The molecule has 458 valence electrons. The van der Waals surface area contributed by atoms with Gasteiger partial charge in [0.1, 0.15) is 13.2 Å². The highest BCUT2D eigenvalue weighted by molar-refractivity contribution is 5.71. The maximum absolute atomic E-state index is 12.9. The Kier molecular flexibility index (Phi) is 64.3.